The molecule has 0 spiro atoms. The Hall–Kier alpha value is -3.70. The van der Waals surface area contributed by atoms with Crippen LogP contribution in [0.1, 0.15) is 55.1 Å². The van der Waals surface area contributed by atoms with E-state index in [1.807, 2.05) is 17.9 Å². The number of rotatable bonds is 6. The summed E-state index contributed by atoms with van der Waals surface area (Å²) in [5, 5.41) is 4.36. The minimum absolute atomic E-state index is 0.118. The Kier molecular flexibility index (Phi) is 7.46. The zero-order valence-electron chi connectivity index (χ0n) is 22.9. The number of aromatic nitrogens is 2. The van der Waals surface area contributed by atoms with Gasteiger partial charge < -0.3 is 9.80 Å². The summed E-state index contributed by atoms with van der Waals surface area (Å²) in [6.07, 6.45) is -2.37. The molecule has 2 amide bonds. The molecule has 6 nitrogen and oxygen atoms in total. The summed E-state index contributed by atoms with van der Waals surface area (Å²) >= 11 is 0. The molecular weight excluding hydrogens is 548 g/mol. The van der Waals surface area contributed by atoms with Gasteiger partial charge >= 0.3 is 12.2 Å². The van der Waals surface area contributed by atoms with Crippen molar-refractivity contribution >= 4 is 17.4 Å². The number of hydrogen-bond acceptors (Lipinski definition) is 3. The molecule has 2 aromatic carbocycles. The highest BCUT2D eigenvalue weighted by atomic mass is 19.4. The number of halogens is 6. The second-order valence-electron chi connectivity index (χ2n) is 10.9. The molecule has 220 valence electrons. The molecule has 1 atom stereocenters. The molecule has 0 bridgehead atoms. The summed E-state index contributed by atoms with van der Waals surface area (Å²) in [4.78, 5) is 18.7. The van der Waals surface area contributed by atoms with Crippen LogP contribution in [0.3, 0.4) is 0 Å². The summed E-state index contributed by atoms with van der Waals surface area (Å²) in [7, 11) is 0. The summed E-state index contributed by atoms with van der Waals surface area (Å²) < 4.78 is 84.8. The molecule has 41 heavy (non-hydrogen) atoms. The normalized spacial score (nSPS) is 18.7. The Morgan fingerprint density at radius 1 is 1.00 bits per heavy atom. The highest BCUT2D eigenvalue weighted by Gasteiger charge is 2.44. The molecule has 0 unspecified atom stereocenters. The molecule has 1 fully saturated rings. The van der Waals surface area contributed by atoms with Crippen LogP contribution in [0.25, 0.3) is 0 Å². The Labute approximate surface area is 234 Å². The number of urea groups is 1. The maximum Gasteiger partial charge on any atom is 0.416 e. The van der Waals surface area contributed by atoms with Gasteiger partial charge in [0.2, 0.25) is 0 Å². The van der Waals surface area contributed by atoms with Crippen molar-refractivity contribution in [3.63, 3.8) is 0 Å². The SMILES string of the molecule is Cc1cccc(F)c1N1CCC(N2C(=O)N(Cc3ccccc3C(F)(F)F)c3cn(CC(C)(F)F)nc3[C@@H]2C)CC1. The zero-order valence-corrected chi connectivity index (χ0v) is 22.9. The third-order valence-corrected chi connectivity index (χ3v) is 7.78. The van der Waals surface area contributed by atoms with E-state index in [0.29, 0.717) is 37.3 Å². The molecule has 0 N–H and O–H groups in total. The molecule has 12 heteroatoms. The van der Waals surface area contributed by atoms with Crippen molar-refractivity contribution in [3.8, 4) is 0 Å². The van der Waals surface area contributed by atoms with Crippen LogP contribution in [0.2, 0.25) is 0 Å². The van der Waals surface area contributed by atoms with Gasteiger partial charge in [-0.15, -0.1) is 0 Å². The average molecular weight is 580 g/mol. The number of carbonyl (C=O) groups is 1. The van der Waals surface area contributed by atoms with Crippen molar-refractivity contribution in [1.82, 2.24) is 14.7 Å². The molecule has 1 aromatic heterocycles. The second kappa shape index (κ2) is 10.6. The van der Waals surface area contributed by atoms with Gasteiger partial charge in [0.05, 0.1) is 29.5 Å². The standard InChI is InChI=1S/C29H31F6N5O/c1-18-7-6-10-23(30)26(18)37-13-11-21(12-14-37)40-19(2)25-24(16-38(36-25)17-28(3,31)32)39(27(40)41)15-20-8-4-5-9-22(20)29(33,34)35/h4-10,16,19,21H,11-15,17H2,1-3H3/t19-/m0/s1. The Bertz CT molecular complexity index is 1400. The van der Waals surface area contributed by atoms with Gasteiger partial charge in [0, 0.05) is 32.3 Å². The van der Waals surface area contributed by atoms with E-state index < -0.39 is 42.8 Å². The number of nitrogens with zero attached hydrogens (tertiary/aromatic N) is 5. The molecule has 2 aliphatic rings. The average Bonchev–Trinajstić information content (AvgIpc) is 3.29. The molecule has 5 rings (SSSR count). The monoisotopic (exact) mass is 579 g/mol. The number of para-hydroxylation sites is 1. The first-order chi connectivity index (χ1) is 19.2. The first-order valence-electron chi connectivity index (χ1n) is 13.4. The van der Waals surface area contributed by atoms with Gasteiger partial charge in [-0.25, -0.2) is 18.0 Å². The number of carbonyl (C=O) groups excluding carboxylic acids is 1. The van der Waals surface area contributed by atoms with E-state index in [4.69, 9.17) is 0 Å². The van der Waals surface area contributed by atoms with Crippen LogP contribution >= 0.6 is 0 Å². The van der Waals surface area contributed by atoms with Gasteiger partial charge in [-0.1, -0.05) is 30.3 Å². The summed E-state index contributed by atoms with van der Waals surface area (Å²) in [6, 6.07) is 8.42. The molecule has 3 aromatic rings. The maximum atomic E-state index is 14.6. The highest BCUT2D eigenvalue weighted by molar-refractivity contribution is 5.95. The van der Waals surface area contributed by atoms with Crippen molar-refractivity contribution in [3.05, 3.63) is 76.9 Å². The van der Waals surface area contributed by atoms with Crippen LogP contribution in [0, 0.1) is 12.7 Å². The Balaban J connectivity index is 1.47. The van der Waals surface area contributed by atoms with Crippen molar-refractivity contribution in [1.29, 1.82) is 0 Å². The largest absolute Gasteiger partial charge is 0.416 e. The molecule has 1 saturated heterocycles. The van der Waals surface area contributed by atoms with Crippen molar-refractivity contribution in [2.24, 2.45) is 0 Å². The molecular formula is C29H31F6N5O. The predicted octanol–water partition coefficient (Wildman–Crippen LogP) is 7.18. The fraction of sp³-hybridized carbons (Fsp3) is 0.448. The van der Waals surface area contributed by atoms with Gasteiger partial charge in [-0.2, -0.15) is 18.3 Å². The molecule has 0 saturated carbocycles. The molecule has 2 aliphatic heterocycles. The molecule has 3 heterocycles. The molecule has 0 radical (unpaired) electrons. The van der Waals surface area contributed by atoms with Gasteiger partial charge in [0.25, 0.3) is 5.92 Å². The first-order valence-corrected chi connectivity index (χ1v) is 13.4. The van der Waals surface area contributed by atoms with Crippen LogP contribution in [-0.4, -0.2) is 45.8 Å². The summed E-state index contributed by atoms with van der Waals surface area (Å²) in [5.41, 5.74) is 0.858. The third kappa shape index (κ3) is 5.73. The number of benzene rings is 2. The van der Waals surface area contributed by atoms with Gasteiger partial charge in [0.15, 0.2) is 0 Å². The lowest BCUT2D eigenvalue weighted by molar-refractivity contribution is -0.138. The lowest BCUT2D eigenvalue weighted by Crippen LogP contribution is -2.55. The fourth-order valence-electron chi connectivity index (χ4n) is 5.96. The molecule has 0 aliphatic carbocycles. The minimum atomic E-state index is -4.64. The van der Waals surface area contributed by atoms with E-state index in [-0.39, 0.29) is 23.1 Å². The minimum Gasteiger partial charge on any atom is -0.369 e. The summed E-state index contributed by atoms with van der Waals surface area (Å²) in [5.74, 6) is -3.42. The van der Waals surface area contributed by atoms with Crippen molar-refractivity contribution in [2.75, 3.05) is 22.9 Å². The Morgan fingerprint density at radius 3 is 2.32 bits per heavy atom. The summed E-state index contributed by atoms with van der Waals surface area (Å²) in [6.45, 7) is 4.09. The van der Waals surface area contributed by atoms with Gasteiger partial charge in [-0.05, 0) is 49.9 Å². The number of piperidine rings is 1. The predicted molar refractivity (Wildman–Crippen MR) is 142 cm³/mol. The van der Waals surface area contributed by atoms with E-state index in [0.717, 1.165) is 23.2 Å². The van der Waals surface area contributed by atoms with E-state index in [9.17, 15) is 31.1 Å². The number of anilines is 2. The first kappa shape index (κ1) is 28.8. The number of fused-ring (bicyclic) bond motifs is 1. The van der Waals surface area contributed by atoms with E-state index in [1.165, 1.54) is 35.4 Å². The van der Waals surface area contributed by atoms with Crippen LogP contribution < -0.4 is 9.80 Å². The van der Waals surface area contributed by atoms with E-state index in [1.54, 1.807) is 17.9 Å². The topological polar surface area (TPSA) is 44.6 Å². The second-order valence-corrected chi connectivity index (χ2v) is 10.9. The van der Waals surface area contributed by atoms with Gasteiger partial charge in [-0.3, -0.25) is 9.58 Å². The zero-order chi connectivity index (χ0) is 29.7. The lowest BCUT2D eigenvalue weighted by atomic mass is 9.97. The smallest absolute Gasteiger partial charge is 0.369 e. The number of alkyl halides is 5. The Morgan fingerprint density at radius 2 is 1.68 bits per heavy atom. The van der Waals surface area contributed by atoms with Crippen LogP contribution in [-0.2, 0) is 19.3 Å². The van der Waals surface area contributed by atoms with Crippen LogP contribution in [0.15, 0.2) is 48.7 Å². The number of amides is 2. The lowest BCUT2D eigenvalue weighted by Gasteiger charge is -2.46. The van der Waals surface area contributed by atoms with Crippen LogP contribution in [0.4, 0.5) is 42.5 Å². The third-order valence-electron chi connectivity index (χ3n) is 7.78. The highest BCUT2D eigenvalue weighted by Crippen LogP contribution is 2.41. The van der Waals surface area contributed by atoms with Crippen LogP contribution in [0.5, 0.6) is 0 Å². The van der Waals surface area contributed by atoms with Gasteiger partial charge in [0.1, 0.15) is 18.1 Å². The van der Waals surface area contributed by atoms with E-state index >= 15 is 0 Å². The quantitative estimate of drug-likeness (QED) is 0.291. The number of hydrogen-bond donors (Lipinski definition) is 0. The number of aryl methyl sites for hydroxylation is 1. The maximum absolute atomic E-state index is 14.6. The van der Waals surface area contributed by atoms with Crippen molar-refractivity contribution < 1.29 is 31.1 Å². The fourth-order valence-corrected chi connectivity index (χ4v) is 5.96. The van der Waals surface area contributed by atoms with E-state index in [2.05, 4.69) is 5.10 Å². The van der Waals surface area contributed by atoms with Crippen molar-refractivity contribution in [2.45, 2.75) is 70.9 Å².